The third-order valence-electron chi connectivity index (χ3n) is 2.46. The average molecular weight is 207 g/mol. The Bertz CT molecular complexity index is 303. The first-order valence-electron chi connectivity index (χ1n) is 5.44. The Kier molecular flexibility index (Phi) is 4.00. The van der Waals surface area contributed by atoms with Gasteiger partial charge in [0.1, 0.15) is 5.76 Å². The molecule has 0 radical (unpaired) electrons. The van der Waals surface area contributed by atoms with E-state index in [0.29, 0.717) is 0 Å². The van der Waals surface area contributed by atoms with Crippen molar-refractivity contribution in [2.75, 3.05) is 26.3 Å². The van der Waals surface area contributed by atoms with Crippen molar-refractivity contribution in [3.63, 3.8) is 0 Å². The largest absolute Gasteiger partial charge is 0.469 e. The lowest BCUT2D eigenvalue weighted by Gasteiger charge is -2.13. The van der Waals surface area contributed by atoms with Crippen LogP contribution in [0.3, 0.4) is 0 Å². The Morgan fingerprint density at radius 2 is 2.40 bits per heavy atom. The number of ether oxygens (including phenoxy) is 1. The van der Waals surface area contributed by atoms with Crippen LogP contribution in [0, 0.1) is 0 Å². The first-order valence-corrected chi connectivity index (χ1v) is 5.44. The summed E-state index contributed by atoms with van der Waals surface area (Å²) in [7, 11) is 0. The summed E-state index contributed by atoms with van der Waals surface area (Å²) in [6.45, 7) is 3.54. The van der Waals surface area contributed by atoms with E-state index < -0.39 is 0 Å². The zero-order valence-corrected chi connectivity index (χ0v) is 8.87. The predicted octanol–water partition coefficient (Wildman–Crippen LogP) is 1.76. The number of furan rings is 1. The molecule has 0 aliphatic carbocycles. The quantitative estimate of drug-likeness (QED) is 0.590. The van der Waals surface area contributed by atoms with E-state index in [1.807, 2.05) is 12.1 Å². The van der Waals surface area contributed by atoms with Crippen LogP contribution in [0.4, 0.5) is 0 Å². The van der Waals surface area contributed by atoms with Crippen molar-refractivity contribution in [3.05, 3.63) is 35.8 Å². The Morgan fingerprint density at radius 1 is 1.40 bits per heavy atom. The zero-order valence-electron chi connectivity index (χ0n) is 8.87. The Morgan fingerprint density at radius 3 is 3.13 bits per heavy atom. The molecular weight excluding hydrogens is 190 g/mol. The molecule has 0 saturated heterocycles. The average Bonchev–Trinajstić information content (AvgIpc) is 2.79. The fourth-order valence-corrected chi connectivity index (χ4v) is 1.65. The van der Waals surface area contributed by atoms with Crippen molar-refractivity contribution in [2.24, 2.45) is 0 Å². The molecule has 3 nitrogen and oxygen atoms in total. The molecule has 15 heavy (non-hydrogen) atoms. The normalized spacial score (nSPS) is 16.4. The van der Waals surface area contributed by atoms with E-state index in [1.54, 1.807) is 6.26 Å². The first-order chi connectivity index (χ1) is 7.45. The van der Waals surface area contributed by atoms with Crippen molar-refractivity contribution in [2.45, 2.75) is 12.8 Å². The van der Waals surface area contributed by atoms with Crippen LogP contribution < -0.4 is 5.32 Å². The van der Waals surface area contributed by atoms with Gasteiger partial charge in [0.25, 0.3) is 0 Å². The molecule has 0 aromatic carbocycles. The van der Waals surface area contributed by atoms with Gasteiger partial charge in [-0.15, -0.1) is 0 Å². The van der Waals surface area contributed by atoms with Crippen molar-refractivity contribution in [1.82, 2.24) is 5.32 Å². The lowest BCUT2D eigenvalue weighted by Crippen LogP contribution is -2.23. The maximum absolute atomic E-state index is 5.36. The van der Waals surface area contributed by atoms with Crippen molar-refractivity contribution >= 4 is 0 Å². The lowest BCUT2D eigenvalue weighted by atomic mass is 10.2. The molecule has 82 valence electrons. The summed E-state index contributed by atoms with van der Waals surface area (Å²) in [6, 6.07) is 3.93. The molecule has 0 spiro atoms. The van der Waals surface area contributed by atoms with Crippen molar-refractivity contribution in [1.29, 1.82) is 0 Å². The van der Waals surface area contributed by atoms with Gasteiger partial charge in [0, 0.05) is 19.5 Å². The van der Waals surface area contributed by atoms with Gasteiger partial charge in [0.15, 0.2) is 0 Å². The number of nitrogens with one attached hydrogen (secondary N) is 1. The van der Waals surface area contributed by atoms with E-state index in [1.165, 1.54) is 5.57 Å². The van der Waals surface area contributed by atoms with Gasteiger partial charge in [0.2, 0.25) is 0 Å². The van der Waals surface area contributed by atoms with E-state index >= 15 is 0 Å². The van der Waals surface area contributed by atoms with Gasteiger partial charge >= 0.3 is 0 Å². The second-order valence-electron chi connectivity index (χ2n) is 3.71. The predicted molar refractivity (Wildman–Crippen MR) is 58.8 cm³/mol. The third kappa shape index (κ3) is 3.53. The highest BCUT2D eigenvalue weighted by atomic mass is 16.5. The molecule has 0 saturated carbocycles. The van der Waals surface area contributed by atoms with Crippen LogP contribution in [0.25, 0.3) is 0 Å². The molecule has 0 bridgehead atoms. The fraction of sp³-hybridized carbons (Fsp3) is 0.500. The standard InChI is InChI=1S/C12H17NO2/c1-3-11(10-14-7-1)9-13-6-5-12-4-2-8-15-12/h2-4,8,13H,1,5-7,9-10H2. The van der Waals surface area contributed by atoms with E-state index in [-0.39, 0.29) is 0 Å². The summed E-state index contributed by atoms with van der Waals surface area (Å²) in [4.78, 5) is 0. The van der Waals surface area contributed by atoms with Crippen molar-refractivity contribution < 1.29 is 9.15 Å². The van der Waals surface area contributed by atoms with E-state index in [4.69, 9.17) is 9.15 Å². The van der Waals surface area contributed by atoms with Crippen LogP contribution in [0.2, 0.25) is 0 Å². The highest BCUT2D eigenvalue weighted by molar-refractivity contribution is 5.07. The zero-order chi connectivity index (χ0) is 10.3. The SMILES string of the molecule is C1=C(CNCCc2ccco2)COCC1. The smallest absolute Gasteiger partial charge is 0.105 e. The van der Waals surface area contributed by atoms with Crippen LogP contribution >= 0.6 is 0 Å². The van der Waals surface area contributed by atoms with Crippen LogP contribution in [-0.2, 0) is 11.2 Å². The maximum atomic E-state index is 5.36. The molecule has 0 atom stereocenters. The molecule has 1 aromatic rings. The molecule has 2 rings (SSSR count). The summed E-state index contributed by atoms with van der Waals surface area (Å²) in [5, 5.41) is 3.39. The van der Waals surface area contributed by atoms with Crippen LogP contribution in [0.15, 0.2) is 34.5 Å². The van der Waals surface area contributed by atoms with Gasteiger partial charge in [-0.3, -0.25) is 0 Å². The number of hydrogen-bond donors (Lipinski definition) is 1. The van der Waals surface area contributed by atoms with Gasteiger partial charge in [-0.25, -0.2) is 0 Å². The Balaban J connectivity index is 1.60. The van der Waals surface area contributed by atoms with Gasteiger partial charge < -0.3 is 14.5 Å². The summed E-state index contributed by atoms with van der Waals surface area (Å²) in [5.41, 5.74) is 1.36. The second kappa shape index (κ2) is 5.73. The van der Waals surface area contributed by atoms with Crippen LogP contribution in [0.5, 0.6) is 0 Å². The number of hydrogen-bond acceptors (Lipinski definition) is 3. The molecule has 0 unspecified atom stereocenters. The summed E-state index contributed by atoms with van der Waals surface area (Å²) in [5.74, 6) is 1.04. The second-order valence-corrected chi connectivity index (χ2v) is 3.71. The molecule has 0 amide bonds. The van der Waals surface area contributed by atoms with E-state index in [0.717, 1.165) is 44.9 Å². The molecule has 1 aliphatic rings. The van der Waals surface area contributed by atoms with E-state index in [2.05, 4.69) is 11.4 Å². The molecule has 0 fully saturated rings. The van der Waals surface area contributed by atoms with Gasteiger partial charge in [0.05, 0.1) is 19.5 Å². The summed E-state index contributed by atoms with van der Waals surface area (Å²) < 4.78 is 10.6. The van der Waals surface area contributed by atoms with E-state index in [9.17, 15) is 0 Å². The monoisotopic (exact) mass is 207 g/mol. The van der Waals surface area contributed by atoms with Crippen LogP contribution in [-0.4, -0.2) is 26.3 Å². The molecule has 2 heterocycles. The molecular formula is C12H17NO2. The lowest BCUT2D eigenvalue weighted by molar-refractivity contribution is 0.149. The minimum Gasteiger partial charge on any atom is -0.469 e. The molecule has 1 aliphatic heterocycles. The maximum Gasteiger partial charge on any atom is 0.105 e. The minimum absolute atomic E-state index is 0.785. The van der Waals surface area contributed by atoms with Gasteiger partial charge in [-0.2, -0.15) is 0 Å². The summed E-state index contributed by atoms with van der Waals surface area (Å²) in [6.07, 6.45) is 5.98. The minimum atomic E-state index is 0.785. The Labute approximate surface area is 90.1 Å². The fourth-order valence-electron chi connectivity index (χ4n) is 1.65. The molecule has 3 heteroatoms. The summed E-state index contributed by atoms with van der Waals surface area (Å²) >= 11 is 0. The van der Waals surface area contributed by atoms with Gasteiger partial charge in [-0.05, 0) is 24.1 Å². The van der Waals surface area contributed by atoms with Crippen molar-refractivity contribution in [3.8, 4) is 0 Å². The van der Waals surface area contributed by atoms with Crippen LogP contribution in [0.1, 0.15) is 12.2 Å². The Hall–Kier alpha value is -1.06. The molecule has 1 N–H and O–H groups in total. The number of rotatable bonds is 5. The first kappa shape index (κ1) is 10.5. The topological polar surface area (TPSA) is 34.4 Å². The third-order valence-corrected chi connectivity index (χ3v) is 2.46. The highest BCUT2D eigenvalue weighted by Gasteiger charge is 2.02. The van der Waals surface area contributed by atoms with Gasteiger partial charge in [-0.1, -0.05) is 6.08 Å². The molecule has 1 aromatic heterocycles. The highest BCUT2D eigenvalue weighted by Crippen LogP contribution is 2.04.